The Bertz CT molecular complexity index is 1820. The highest BCUT2D eigenvalue weighted by Gasteiger charge is 2.28. The van der Waals surface area contributed by atoms with Crippen molar-refractivity contribution < 1.29 is 27.8 Å². The van der Waals surface area contributed by atoms with Crippen LogP contribution in [-0.2, 0) is 9.53 Å². The molecular weight excluding hydrogens is 582 g/mol. The minimum Gasteiger partial charge on any atom is -0.494 e. The van der Waals surface area contributed by atoms with Gasteiger partial charge in [-0.05, 0) is 67.8 Å². The zero-order chi connectivity index (χ0) is 31.7. The number of nitrogens with zero attached hydrogens (tertiary/aromatic N) is 3. The summed E-state index contributed by atoms with van der Waals surface area (Å²) in [6.45, 7) is 7.71. The van der Waals surface area contributed by atoms with Crippen molar-refractivity contribution in [2.75, 3.05) is 54.3 Å². The summed E-state index contributed by atoms with van der Waals surface area (Å²) in [7, 11) is 1.25. The van der Waals surface area contributed by atoms with Crippen LogP contribution in [0.3, 0.4) is 0 Å². The smallest absolute Gasteiger partial charge is 0.247 e. The van der Waals surface area contributed by atoms with Crippen LogP contribution in [0.5, 0.6) is 5.75 Å². The molecule has 2 aromatic carbocycles. The largest absolute Gasteiger partial charge is 0.494 e. The lowest BCUT2D eigenvalue weighted by molar-refractivity contribution is -0.111. The van der Waals surface area contributed by atoms with Gasteiger partial charge in [0.25, 0.3) is 0 Å². The zero-order valence-corrected chi connectivity index (χ0v) is 24.9. The highest BCUT2D eigenvalue weighted by Crippen LogP contribution is 2.35. The molecule has 0 bridgehead atoms. The van der Waals surface area contributed by atoms with Gasteiger partial charge in [0.1, 0.15) is 23.1 Å². The highest BCUT2D eigenvalue weighted by molar-refractivity contribution is 6.11. The lowest BCUT2D eigenvalue weighted by atomic mass is 10.0. The standard InChI is InChI=1S/C33H32F2N6O4/c1-4-28(42)39-24-15-21(41-9-11-45-12-10-41)7-8-23(24)38-27-16-22-19(17-36-27)14-25(40-33(22)37-20-5-6-20)32(43)29-30(34)18(2)13-26(44-3)31(29)35/h4,7-8,13-17,20H,1,5-6,9-12H2,2-3H3,(H,36,38)(H,37,40)(H,39,42). The third-order valence-corrected chi connectivity index (χ3v) is 7.75. The van der Waals surface area contributed by atoms with E-state index in [1.54, 1.807) is 12.3 Å². The molecule has 0 unspecified atom stereocenters. The molecule has 6 rings (SSSR count). The quantitative estimate of drug-likeness (QED) is 0.152. The first kappa shape index (κ1) is 29.9. The minimum absolute atomic E-state index is 0.0766. The number of ether oxygens (including phenoxy) is 2. The number of anilines is 5. The topological polar surface area (TPSA) is 118 Å². The van der Waals surface area contributed by atoms with Crippen LogP contribution in [0.4, 0.5) is 37.5 Å². The van der Waals surface area contributed by atoms with E-state index in [9.17, 15) is 9.59 Å². The molecule has 1 saturated heterocycles. The summed E-state index contributed by atoms with van der Waals surface area (Å²) in [4.78, 5) is 37.0. The molecule has 2 aromatic heterocycles. The van der Waals surface area contributed by atoms with Crippen LogP contribution in [0.15, 0.2) is 55.3 Å². The van der Waals surface area contributed by atoms with E-state index in [4.69, 9.17) is 9.47 Å². The molecule has 0 atom stereocenters. The van der Waals surface area contributed by atoms with Crippen LogP contribution in [-0.4, -0.2) is 61.1 Å². The molecule has 232 valence electrons. The molecule has 12 heteroatoms. The summed E-state index contributed by atoms with van der Waals surface area (Å²) in [5.41, 5.74) is 1.30. The van der Waals surface area contributed by atoms with Gasteiger partial charge in [-0.2, -0.15) is 0 Å². The van der Waals surface area contributed by atoms with Gasteiger partial charge in [0.15, 0.2) is 11.6 Å². The Morgan fingerprint density at radius 1 is 1.09 bits per heavy atom. The van der Waals surface area contributed by atoms with Crippen LogP contribution >= 0.6 is 0 Å². The summed E-state index contributed by atoms with van der Waals surface area (Å²) >= 11 is 0. The number of morpholine rings is 1. The molecule has 10 nitrogen and oxygen atoms in total. The number of rotatable bonds is 10. The third-order valence-electron chi connectivity index (χ3n) is 7.75. The number of hydrogen-bond acceptors (Lipinski definition) is 9. The normalized spacial score (nSPS) is 14.6. The van der Waals surface area contributed by atoms with E-state index in [1.807, 2.05) is 18.2 Å². The van der Waals surface area contributed by atoms with E-state index in [0.29, 0.717) is 47.0 Å². The molecular formula is C33H32F2N6O4. The first-order valence-electron chi connectivity index (χ1n) is 14.6. The molecule has 45 heavy (non-hydrogen) atoms. The highest BCUT2D eigenvalue weighted by atomic mass is 19.1. The van der Waals surface area contributed by atoms with E-state index in [0.717, 1.165) is 31.6 Å². The van der Waals surface area contributed by atoms with Crippen molar-refractivity contribution >= 4 is 51.2 Å². The number of pyridine rings is 2. The van der Waals surface area contributed by atoms with Crippen molar-refractivity contribution in [2.45, 2.75) is 25.8 Å². The molecule has 2 aliphatic rings. The maximum atomic E-state index is 15.1. The summed E-state index contributed by atoms with van der Waals surface area (Å²) < 4.78 is 40.7. The number of aromatic nitrogens is 2. The van der Waals surface area contributed by atoms with Gasteiger partial charge in [-0.1, -0.05) is 6.58 Å². The van der Waals surface area contributed by atoms with Gasteiger partial charge in [-0.3, -0.25) is 9.59 Å². The van der Waals surface area contributed by atoms with Crippen molar-refractivity contribution in [2.24, 2.45) is 0 Å². The van der Waals surface area contributed by atoms with Crippen molar-refractivity contribution in [3.05, 3.63) is 83.7 Å². The number of fused-ring (bicyclic) bond motifs is 1. The van der Waals surface area contributed by atoms with Crippen molar-refractivity contribution in [1.82, 2.24) is 9.97 Å². The number of hydrogen-bond donors (Lipinski definition) is 3. The van der Waals surface area contributed by atoms with E-state index >= 15 is 8.78 Å². The lowest BCUT2D eigenvalue weighted by Gasteiger charge is -2.29. The maximum absolute atomic E-state index is 15.1. The van der Waals surface area contributed by atoms with E-state index in [2.05, 4.69) is 37.4 Å². The van der Waals surface area contributed by atoms with Gasteiger partial charge in [0, 0.05) is 41.8 Å². The fraction of sp³-hybridized carbons (Fsp3) is 0.273. The predicted octanol–water partition coefficient (Wildman–Crippen LogP) is 5.74. The van der Waals surface area contributed by atoms with Crippen LogP contribution in [0.25, 0.3) is 10.8 Å². The molecule has 0 spiro atoms. The van der Waals surface area contributed by atoms with E-state index in [1.165, 1.54) is 32.2 Å². The molecule has 3 heterocycles. The number of carbonyl (C=O) groups excluding carboxylic acids is 2. The van der Waals surface area contributed by atoms with E-state index < -0.39 is 23.0 Å². The Hall–Kier alpha value is -5.10. The summed E-state index contributed by atoms with van der Waals surface area (Å²) in [6, 6.07) is 10.3. The molecule has 2 fully saturated rings. The number of methoxy groups -OCH3 is 1. The van der Waals surface area contributed by atoms with Crippen molar-refractivity contribution in [3.8, 4) is 5.75 Å². The molecule has 1 amide bonds. The van der Waals surface area contributed by atoms with Gasteiger partial charge in [-0.25, -0.2) is 18.7 Å². The molecule has 1 saturated carbocycles. The van der Waals surface area contributed by atoms with Gasteiger partial charge in [-0.15, -0.1) is 0 Å². The second-order valence-electron chi connectivity index (χ2n) is 10.9. The van der Waals surface area contributed by atoms with Crippen LogP contribution in [0.1, 0.15) is 34.5 Å². The second-order valence-corrected chi connectivity index (χ2v) is 10.9. The third kappa shape index (κ3) is 6.27. The molecule has 3 N–H and O–H groups in total. The first-order chi connectivity index (χ1) is 21.7. The summed E-state index contributed by atoms with van der Waals surface area (Å²) in [6.07, 6.45) is 4.61. The minimum atomic E-state index is -1.08. The lowest BCUT2D eigenvalue weighted by Crippen LogP contribution is -2.36. The number of carbonyl (C=O) groups is 2. The average Bonchev–Trinajstić information content (AvgIpc) is 3.88. The molecule has 1 aliphatic carbocycles. The summed E-state index contributed by atoms with van der Waals surface area (Å²) in [5.74, 6) is -2.69. The SMILES string of the molecule is C=CC(=O)Nc1cc(N2CCOCC2)ccc1Nc1cc2c(NC3CC3)nc(C(=O)c3c(F)c(C)cc(OC)c3F)cc2cn1. The molecule has 0 radical (unpaired) electrons. The van der Waals surface area contributed by atoms with Crippen LogP contribution in [0, 0.1) is 18.6 Å². The molecule has 4 aromatic rings. The zero-order valence-electron chi connectivity index (χ0n) is 24.9. The maximum Gasteiger partial charge on any atom is 0.247 e. The van der Waals surface area contributed by atoms with Gasteiger partial charge in [0.2, 0.25) is 11.7 Å². The first-order valence-corrected chi connectivity index (χ1v) is 14.6. The Kier molecular flexibility index (Phi) is 8.31. The Labute approximate surface area is 258 Å². The van der Waals surface area contributed by atoms with Crippen LogP contribution < -0.4 is 25.6 Å². The fourth-order valence-electron chi connectivity index (χ4n) is 5.16. The summed E-state index contributed by atoms with van der Waals surface area (Å²) in [5, 5.41) is 10.7. The number of aryl methyl sites for hydroxylation is 1. The van der Waals surface area contributed by atoms with Crippen LogP contribution in [0.2, 0.25) is 0 Å². The number of benzene rings is 2. The van der Waals surface area contributed by atoms with Crippen molar-refractivity contribution in [1.29, 1.82) is 0 Å². The second kappa shape index (κ2) is 12.5. The predicted molar refractivity (Wildman–Crippen MR) is 169 cm³/mol. The Morgan fingerprint density at radius 2 is 1.87 bits per heavy atom. The monoisotopic (exact) mass is 614 g/mol. The fourth-order valence-corrected chi connectivity index (χ4v) is 5.16. The van der Waals surface area contributed by atoms with Crippen molar-refractivity contribution in [3.63, 3.8) is 0 Å². The van der Waals surface area contributed by atoms with Gasteiger partial charge in [0.05, 0.1) is 37.3 Å². The van der Waals surface area contributed by atoms with Gasteiger partial charge >= 0.3 is 0 Å². The van der Waals surface area contributed by atoms with E-state index in [-0.39, 0.29) is 29.0 Å². The number of halogens is 2. The molecule has 1 aliphatic heterocycles. The number of nitrogens with one attached hydrogen (secondary N) is 3. The van der Waals surface area contributed by atoms with Gasteiger partial charge < -0.3 is 30.3 Å². The Balaban J connectivity index is 1.37. The Morgan fingerprint density at radius 3 is 2.58 bits per heavy atom. The average molecular weight is 615 g/mol. The number of amides is 1. The number of ketones is 1.